The molecule has 0 saturated carbocycles. The van der Waals surface area contributed by atoms with Crippen LogP contribution in [0.25, 0.3) is 0 Å². The molecule has 0 bridgehead atoms. The van der Waals surface area contributed by atoms with Gasteiger partial charge in [0.15, 0.2) is 6.04 Å². The fourth-order valence-corrected chi connectivity index (χ4v) is 1.16. The van der Waals surface area contributed by atoms with E-state index in [0.717, 1.165) is 0 Å². The van der Waals surface area contributed by atoms with Crippen molar-refractivity contribution < 1.29 is 19.4 Å². The van der Waals surface area contributed by atoms with Crippen molar-refractivity contribution in [3.63, 3.8) is 0 Å². The summed E-state index contributed by atoms with van der Waals surface area (Å²) < 4.78 is 4.94. The number of isocyanates is 1. The van der Waals surface area contributed by atoms with Crippen LogP contribution < -0.4 is 10.2 Å². The van der Waals surface area contributed by atoms with Crippen molar-refractivity contribution in [1.82, 2.24) is 5.43 Å². The van der Waals surface area contributed by atoms with Crippen LogP contribution in [0.15, 0.2) is 29.4 Å². The number of carbonyl (C=O) groups excluding carboxylic acids is 1. The maximum Gasteiger partial charge on any atom is 0.332 e. The third-order valence-electron chi connectivity index (χ3n) is 1.94. The van der Waals surface area contributed by atoms with E-state index in [-0.39, 0.29) is 0 Å². The number of carboxylic acids is 1. The molecule has 84 valence electrons. The van der Waals surface area contributed by atoms with Crippen LogP contribution in [-0.2, 0) is 9.59 Å². The molecule has 0 fully saturated rings. The predicted octanol–water partition coefficient (Wildman–Crippen LogP) is 0.661. The van der Waals surface area contributed by atoms with Gasteiger partial charge in [-0.2, -0.15) is 0 Å². The van der Waals surface area contributed by atoms with E-state index in [4.69, 9.17) is 9.84 Å². The molecule has 1 unspecified atom stereocenters. The number of hydrogen-bond donors (Lipinski definition) is 2. The highest BCUT2D eigenvalue weighted by Gasteiger charge is 2.18. The highest BCUT2D eigenvalue weighted by Crippen LogP contribution is 2.17. The first-order valence-electron chi connectivity index (χ1n) is 4.38. The van der Waals surface area contributed by atoms with Gasteiger partial charge in [-0.25, -0.2) is 9.59 Å². The summed E-state index contributed by atoms with van der Waals surface area (Å²) in [4.78, 5) is 20.8. The summed E-state index contributed by atoms with van der Waals surface area (Å²) in [6.45, 7) is 0. The summed E-state index contributed by atoms with van der Waals surface area (Å²) in [6, 6.07) is 5.32. The molecular formula is C10H10N2O4. The summed E-state index contributed by atoms with van der Waals surface area (Å²) in [5, 5.41) is 11.9. The second-order valence-electron chi connectivity index (χ2n) is 2.88. The minimum atomic E-state index is -1.14. The van der Waals surface area contributed by atoms with Crippen molar-refractivity contribution in [2.24, 2.45) is 5.10 Å². The van der Waals surface area contributed by atoms with Gasteiger partial charge in [-0.3, -0.25) is 5.43 Å². The van der Waals surface area contributed by atoms with Crippen molar-refractivity contribution in [3.8, 4) is 5.75 Å². The molecule has 0 aliphatic heterocycles. The summed E-state index contributed by atoms with van der Waals surface area (Å²) in [6.07, 6.45) is 1.22. The average molecular weight is 222 g/mol. The third-order valence-corrected chi connectivity index (χ3v) is 1.94. The lowest BCUT2D eigenvalue weighted by atomic mass is 10.1. The molecule has 6 heteroatoms. The van der Waals surface area contributed by atoms with Crippen molar-refractivity contribution in [3.05, 3.63) is 29.8 Å². The lowest BCUT2D eigenvalue weighted by molar-refractivity contribution is -0.139. The zero-order valence-corrected chi connectivity index (χ0v) is 8.51. The van der Waals surface area contributed by atoms with E-state index >= 15 is 0 Å². The summed E-state index contributed by atoms with van der Waals surface area (Å²) in [7, 11) is 1.51. The number of rotatable bonds is 5. The first kappa shape index (κ1) is 11.7. The van der Waals surface area contributed by atoms with Gasteiger partial charge >= 0.3 is 5.97 Å². The molecule has 16 heavy (non-hydrogen) atoms. The van der Waals surface area contributed by atoms with Gasteiger partial charge in [-0.15, -0.1) is 0 Å². The van der Waals surface area contributed by atoms with Crippen molar-refractivity contribution in [2.75, 3.05) is 7.11 Å². The highest BCUT2D eigenvalue weighted by atomic mass is 16.5. The Morgan fingerprint density at radius 3 is 2.56 bits per heavy atom. The van der Waals surface area contributed by atoms with Crippen LogP contribution in [0.1, 0.15) is 11.6 Å². The van der Waals surface area contributed by atoms with Gasteiger partial charge in [0.25, 0.3) is 6.08 Å². The van der Waals surface area contributed by atoms with Crippen LogP contribution in [-0.4, -0.2) is 24.3 Å². The molecular weight excluding hydrogens is 212 g/mol. The van der Waals surface area contributed by atoms with E-state index in [9.17, 15) is 9.59 Å². The van der Waals surface area contributed by atoms with E-state index in [1.165, 1.54) is 13.2 Å². The summed E-state index contributed by atoms with van der Waals surface area (Å²) in [5.74, 6) is -0.518. The Balaban J connectivity index is 2.92. The Morgan fingerprint density at radius 1 is 1.50 bits per heavy atom. The largest absolute Gasteiger partial charge is 0.497 e. The van der Waals surface area contributed by atoms with E-state index < -0.39 is 12.0 Å². The summed E-state index contributed by atoms with van der Waals surface area (Å²) in [5.41, 5.74) is 2.65. The Morgan fingerprint density at radius 2 is 2.12 bits per heavy atom. The first-order chi connectivity index (χ1) is 7.69. The topological polar surface area (TPSA) is 88.0 Å². The average Bonchev–Trinajstić information content (AvgIpc) is 2.30. The summed E-state index contributed by atoms with van der Waals surface area (Å²) >= 11 is 0. The molecule has 2 N–H and O–H groups in total. The number of carboxylic acid groups (broad SMARTS) is 1. The maximum absolute atomic E-state index is 10.9. The van der Waals surface area contributed by atoms with Gasteiger partial charge in [0, 0.05) is 0 Å². The van der Waals surface area contributed by atoms with Crippen LogP contribution in [0.5, 0.6) is 5.75 Å². The quantitative estimate of drug-likeness (QED) is 0.434. The maximum atomic E-state index is 10.9. The molecule has 0 aliphatic carbocycles. The van der Waals surface area contributed by atoms with Gasteiger partial charge in [-0.1, -0.05) is 17.2 Å². The normalized spacial score (nSPS) is 11.1. The van der Waals surface area contributed by atoms with Gasteiger partial charge < -0.3 is 9.84 Å². The van der Waals surface area contributed by atoms with Crippen LogP contribution in [0.3, 0.4) is 0 Å². The minimum Gasteiger partial charge on any atom is -0.497 e. The number of methoxy groups -OCH3 is 1. The van der Waals surface area contributed by atoms with Gasteiger partial charge in [-0.05, 0) is 17.7 Å². The molecule has 0 saturated heterocycles. The molecule has 0 spiro atoms. The Hall–Kier alpha value is -2.33. The molecule has 1 aromatic carbocycles. The fraction of sp³-hybridized carbons (Fsp3) is 0.200. The predicted molar refractivity (Wildman–Crippen MR) is 54.6 cm³/mol. The lowest BCUT2D eigenvalue weighted by Crippen LogP contribution is -2.24. The molecule has 0 aliphatic rings. The van der Waals surface area contributed by atoms with E-state index in [2.05, 4.69) is 10.5 Å². The number of carbonyl (C=O) groups is 1. The second kappa shape index (κ2) is 5.53. The van der Waals surface area contributed by atoms with Gasteiger partial charge in [0.05, 0.1) is 7.11 Å². The van der Waals surface area contributed by atoms with Crippen LogP contribution in [0.2, 0.25) is 0 Å². The van der Waals surface area contributed by atoms with Crippen molar-refractivity contribution in [2.45, 2.75) is 6.04 Å². The Labute approximate surface area is 91.5 Å². The van der Waals surface area contributed by atoms with Crippen molar-refractivity contribution >= 4 is 12.0 Å². The molecule has 1 atom stereocenters. The number of ether oxygens (including phenoxy) is 1. The molecule has 0 heterocycles. The number of aliphatic carboxylic acids is 1. The molecule has 0 aromatic heterocycles. The zero-order valence-electron chi connectivity index (χ0n) is 8.51. The number of nitrogens with zero attached hydrogens (tertiary/aromatic N) is 1. The monoisotopic (exact) mass is 222 g/mol. The van der Waals surface area contributed by atoms with E-state index in [1.54, 1.807) is 24.3 Å². The highest BCUT2D eigenvalue weighted by molar-refractivity contribution is 5.75. The Bertz CT molecular complexity index is 409. The van der Waals surface area contributed by atoms with Crippen LogP contribution >= 0.6 is 0 Å². The minimum absolute atomic E-state index is 0.465. The van der Waals surface area contributed by atoms with Crippen LogP contribution in [0, 0.1) is 0 Å². The zero-order chi connectivity index (χ0) is 12.0. The number of hydrazone groups is 1. The number of benzene rings is 1. The molecule has 1 aromatic rings. The first-order valence-corrected chi connectivity index (χ1v) is 4.38. The lowest BCUT2D eigenvalue weighted by Gasteiger charge is -2.11. The van der Waals surface area contributed by atoms with E-state index in [0.29, 0.717) is 11.3 Å². The standard InChI is InChI=1S/C10H10N2O4/c1-16-8-4-2-7(3-5-8)9(10(14)15)12-11-6-13/h2-5,9,12H,1H3,(H,14,15). The molecule has 0 amide bonds. The van der Waals surface area contributed by atoms with Crippen molar-refractivity contribution in [1.29, 1.82) is 0 Å². The van der Waals surface area contributed by atoms with Crippen LogP contribution in [0.4, 0.5) is 0 Å². The molecule has 0 radical (unpaired) electrons. The smallest absolute Gasteiger partial charge is 0.332 e. The second-order valence-corrected chi connectivity index (χ2v) is 2.88. The van der Waals surface area contributed by atoms with E-state index in [1.807, 2.05) is 0 Å². The molecule has 6 nitrogen and oxygen atoms in total. The number of hydrogen-bond acceptors (Lipinski definition) is 5. The Kier molecular flexibility index (Phi) is 4.06. The molecule has 1 rings (SSSR count). The van der Waals surface area contributed by atoms with Gasteiger partial charge in [0.2, 0.25) is 0 Å². The fourth-order valence-electron chi connectivity index (χ4n) is 1.16. The SMILES string of the molecule is COc1ccc(C(NN=C=O)C(=O)O)cc1. The number of nitrogens with one attached hydrogen (secondary N) is 1. The third kappa shape index (κ3) is 2.83. The van der Waals surface area contributed by atoms with Gasteiger partial charge in [0.1, 0.15) is 5.75 Å².